The van der Waals surface area contributed by atoms with Crippen LogP contribution in [-0.2, 0) is 4.79 Å². The van der Waals surface area contributed by atoms with Crippen LogP contribution in [0.15, 0.2) is 12.1 Å². The zero-order chi connectivity index (χ0) is 11.7. The van der Waals surface area contributed by atoms with Crippen molar-refractivity contribution in [3.63, 3.8) is 0 Å². The van der Waals surface area contributed by atoms with Gasteiger partial charge in [-0.2, -0.15) is 0 Å². The van der Waals surface area contributed by atoms with Gasteiger partial charge in [0.2, 0.25) is 12.5 Å². The van der Waals surface area contributed by atoms with E-state index in [1.807, 2.05) is 0 Å². The lowest BCUT2D eigenvalue weighted by Gasteiger charge is -2.10. The topological polar surface area (TPSA) is 91.0 Å². The summed E-state index contributed by atoms with van der Waals surface area (Å²) in [6.07, 6.45) is 0. The Hall–Kier alpha value is -1.95. The third-order valence-corrected chi connectivity index (χ3v) is 2.31. The number of carbonyl (C=O) groups is 1. The van der Waals surface area contributed by atoms with Crippen LogP contribution in [0.4, 0.5) is 0 Å². The Morgan fingerprint density at radius 2 is 2.31 bits per heavy atom. The second-order valence-corrected chi connectivity index (χ2v) is 3.27. The molecule has 0 radical (unpaired) electrons. The molecule has 0 bridgehead atoms. The summed E-state index contributed by atoms with van der Waals surface area (Å²) in [4.78, 5) is 10.8. The quantitative estimate of drug-likeness (QED) is 0.778. The molecule has 1 aliphatic heterocycles. The average Bonchev–Trinajstić information content (AvgIpc) is 2.74. The summed E-state index contributed by atoms with van der Waals surface area (Å²) in [7, 11) is 1.47. The maximum atomic E-state index is 10.8. The van der Waals surface area contributed by atoms with Crippen LogP contribution in [0.25, 0.3) is 0 Å². The van der Waals surface area contributed by atoms with Gasteiger partial charge >= 0.3 is 5.97 Å². The largest absolute Gasteiger partial charge is 0.493 e. The molecule has 0 spiro atoms. The molecule has 0 fully saturated rings. The van der Waals surface area contributed by atoms with Gasteiger partial charge in [0, 0.05) is 0 Å². The molecular weight excluding hydrogens is 214 g/mol. The smallest absolute Gasteiger partial charge is 0.325 e. The van der Waals surface area contributed by atoms with E-state index in [0.29, 0.717) is 22.8 Å². The van der Waals surface area contributed by atoms with Gasteiger partial charge in [0.05, 0.1) is 7.11 Å². The summed E-state index contributed by atoms with van der Waals surface area (Å²) in [5.41, 5.74) is 5.91. The highest BCUT2D eigenvalue weighted by atomic mass is 16.7. The maximum absolute atomic E-state index is 10.8. The van der Waals surface area contributed by atoms with Crippen molar-refractivity contribution in [1.29, 1.82) is 0 Å². The Bertz CT molecular complexity index is 431. The fourth-order valence-electron chi connectivity index (χ4n) is 1.47. The number of benzene rings is 1. The molecule has 0 amide bonds. The molecule has 2 rings (SSSR count). The minimum Gasteiger partial charge on any atom is -0.493 e. The number of fused-ring (bicyclic) bond motifs is 1. The predicted molar refractivity (Wildman–Crippen MR) is 53.7 cm³/mol. The third-order valence-electron chi connectivity index (χ3n) is 2.31. The van der Waals surface area contributed by atoms with Crippen LogP contribution < -0.4 is 19.9 Å². The van der Waals surface area contributed by atoms with E-state index in [4.69, 9.17) is 25.1 Å². The van der Waals surface area contributed by atoms with E-state index in [1.54, 1.807) is 6.07 Å². The molecule has 1 aromatic rings. The first kappa shape index (κ1) is 10.6. The summed E-state index contributed by atoms with van der Waals surface area (Å²) >= 11 is 0. The predicted octanol–water partition coefficient (Wildman–Crippen LogP) is 0.508. The summed E-state index contributed by atoms with van der Waals surface area (Å²) in [6.45, 7) is 0.0947. The molecule has 0 aliphatic carbocycles. The van der Waals surface area contributed by atoms with Gasteiger partial charge in [-0.1, -0.05) is 0 Å². The zero-order valence-corrected chi connectivity index (χ0v) is 8.60. The molecular formula is C10H11NO5. The normalized spacial score (nSPS) is 14.6. The Balaban J connectivity index is 2.45. The second kappa shape index (κ2) is 3.90. The summed E-state index contributed by atoms with van der Waals surface area (Å²) in [5.74, 6) is 0.234. The van der Waals surface area contributed by atoms with Gasteiger partial charge in [-0.05, 0) is 17.7 Å². The molecule has 16 heavy (non-hydrogen) atoms. The lowest BCUT2D eigenvalue weighted by atomic mass is 10.1. The highest BCUT2D eigenvalue weighted by molar-refractivity contribution is 5.76. The molecule has 1 aliphatic rings. The molecule has 6 nitrogen and oxygen atoms in total. The highest BCUT2D eigenvalue weighted by Gasteiger charge is 2.24. The lowest BCUT2D eigenvalue weighted by Crippen LogP contribution is -2.20. The van der Waals surface area contributed by atoms with Crippen molar-refractivity contribution in [3.8, 4) is 17.2 Å². The monoisotopic (exact) mass is 225 g/mol. The number of nitrogens with two attached hydrogens (primary N) is 1. The van der Waals surface area contributed by atoms with Crippen LogP contribution >= 0.6 is 0 Å². The van der Waals surface area contributed by atoms with E-state index in [0.717, 1.165) is 0 Å². The minimum absolute atomic E-state index is 0.0947. The number of hydrogen-bond donors (Lipinski definition) is 2. The lowest BCUT2D eigenvalue weighted by molar-refractivity contribution is -0.138. The summed E-state index contributed by atoms with van der Waals surface area (Å²) in [6, 6.07) is 1.97. The van der Waals surface area contributed by atoms with E-state index >= 15 is 0 Å². The molecule has 0 saturated carbocycles. The van der Waals surface area contributed by atoms with Gasteiger partial charge in [0.15, 0.2) is 11.5 Å². The zero-order valence-electron chi connectivity index (χ0n) is 8.60. The molecule has 0 saturated heterocycles. The Morgan fingerprint density at radius 3 is 2.94 bits per heavy atom. The van der Waals surface area contributed by atoms with Crippen molar-refractivity contribution < 1.29 is 24.1 Å². The molecule has 3 N–H and O–H groups in total. The summed E-state index contributed by atoms with van der Waals surface area (Å²) in [5, 5.41) is 8.81. The Kier molecular flexibility index (Phi) is 2.57. The van der Waals surface area contributed by atoms with Crippen LogP contribution in [-0.4, -0.2) is 25.0 Å². The molecule has 1 aromatic carbocycles. The van der Waals surface area contributed by atoms with E-state index in [-0.39, 0.29) is 6.79 Å². The number of carboxylic acids is 1. The van der Waals surface area contributed by atoms with Gasteiger partial charge in [-0.3, -0.25) is 4.79 Å². The number of hydrogen-bond acceptors (Lipinski definition) is 5. The Morgan fingerprint density at radius 1 is 1.56 bits per heavy atom. The average molecular weight is 225 g/mol. The summed E-state index contributed by atoms with van der Waals surface area (Å²) < 4.78 is 15.4. The van der Waals surface area contributed by atoms with Crippen LogP contribution in [0.1, 0.15) is 11.6 Å². The first-order chi connectivity index (χ1) is 7.63. The SMILES string of the molecule is COc1cc([C@H](N)C(=O)O)cc2c1OCO2. The van der Waals surface area contributed by atoms with Gasteiger partial charge in [-0.15, -0.1) is 0 Å². The van der Waals surface area contributed by atoms with Crippen molar-refractivity contribution >= 4 is 5.97 Å². The number of ether oxygens (including phenoxy) is 3. The number of rotatable bonds is 3. The number of methoxy groups -OCH3 is 1. The van der Waals surface area contributed by atoms with E-state index in [9.17, 15) is 4.79 Å². The molecule has 1 heterocycles. The molecule has 6 heteroatoms. The standard InChI is InChI=1S/C10H11NO5/c1-14-6-2-5(8(11)10(12)13)3-7-9(6)16-4-15-7/h2-3,8H,4,11H2,1H3,(H,12,13)/t8-/m0/s1. The first-order valence-corrected chi connectivity index (χ1v) is 4.59. The van der Waals surface area contributed by atoms with Crippen molar-refractivity contribution in [2.45, 2.75) is 6.04 Å². The van der Waals surface area contributed by atoms with Crippen LogP contribution in [0.5, 0.6) is 17.2 Å². The fourth-order valence-corrected chi connectivity index (χ4v) is 1.47. The van der Waals surface area contributed by atoms with Gasteiger partial charge in [0.25, 0.3) is 0 Å². The van der Waals surface area contributed by atoms with Crippen molar-refractivity contribution in [2.24, 2.45) is 5.73 Å². The first-order valence-electron chi connectivity index (χ1n) is 4.59. The van der Waals surface area contributed by atoms with Gasteiger partial charge in [0.1, 0.15) is 6.04 Å². The second-order valence-electron chi connectivity index (χ2n) is 3.27. The van der Waals surface area contributed by atoms with E-state index in [1.165, 1.54) is 13.2 Å². The van der Waals surface area contributed by atoms with Crippen molar-refractivity contribution in [3.05, 3.63) is 17.7 Å². The number of carboxylic acid groups (broad SMARTS) is 1. The van der Waals surface area contributed by atoms with Crippen molar-refractivity contribution in [1.82, 2.24) is 0 Å². The minimum atomic E-state index is -1.11. The molecule has 86 valence electrons. The molecule has 1 atom stereocenters. The fraction of sp³-hybridized carbons (Fsp3) is 0.300. The number of aliphatic carboxylic acids is 1. The Labute approximate surface area is 91.5 Å². The van der Waals surface area contributed by atoms with E-state index in [2.05, 4.69) is 0 Å². The maximum Gasteiger partial charge on any atom is 0.325 e. The van der Waals surface area contributed by atoms with Crippen LogP contribution in [0.3, 0.4) is 0 Å². The third kappa shape index (κ3) is 1.63. The van der Waals surface area contributed by atoms with Gasteiger partial charge < -0.3 is 25.1 Å². The van der Waals surface area contributed by atoms with Gasteiger partial charge in [-0.25, -0.2) is 0 Å². The van der Waals surface area contributed by atoms with E-state index < -0.39 is 12.0 Å². The van der Waals surface area contributed by atoms with Crippen molar-refractivity contribution in [2.75, 3.05) is 13.9 Å². The van der Waals surface area contributed by atoms with Crippen LogP contribution in [0, 0.1) is 0 Å². The molecule has 0 aromatic heterocycles. The highest BCUT2D eigenvalue weighted by Crippen LogP contribution is 2.42. The van der Waals surface area contributed by atoms with Crippen LogP contribution in [0.2, 0.25) is 0 Å². The molecule has 0 unspecified atom stereocenters.